The maximum absolute atomic E-state index is 10.8. The van der Waals surface area contributed by atoms with Crippen molar-refractivity contribution in [1.29, 1.82) is 0 Å². The zero-order valence-corrected chi connectivity index (χ0v) is 16.6. The second kappa shape index (κ2) is 8.20. The van der Waals surface area contributed by atoms with Crippen molar-refractivity contribution in [3.05, 3.63) is 99.5 Å². The molecule has 0 amide bonds. The third-order valence-electron chi connectivity index (χ3n) is 4.14. The van der Waals surface area contributed by atoms with Crippen LogP contribution >= 0.6 is 15.9 Å². The number of hydrogen-bond donors (Lipinski definition) is 0. The molecule has 0 atom stereocenters. The van der Waals surface area contributed by atoms with Gasteiger partial charge in [-0.1, -0.05) is 58.4 Å². The van der Waals surface area contributed by atoms with Crippen molar-refractivity contribution in [2.75, 3.05) is 0 Å². The molecule has 1 heterocycles. The second-order valence-electron chi connectivity index (χ2n) is 6.14. The van der Waals surface area contributed by atoms with Crippen molar-refractivity contribution in [2.45, 2.75) is 0 Å². The molecule has 3 aromatic carbocycles. The summed E-state index contributed by atoms with van der Waals surface area (Å²) in [5.41, 5.74) is 2.50. The number of non-ortho nitro benzene ring substituents is 1. The molecule has 142 valence electrons. The van der Waals surface area contributed by atoms with E-state index in [2.05, 4.69) is 25.9 Å². The lowest BCUT2D eigenvalue weighted by molar-refractivity contribution is -0.384. The average molecular weight is 448 g/mol. The number of nitrogens with zero attached hydrogens (tertiary/aromatic N) is 3. The molecule has 0 saturated heterocycles. The number of aromatic nitrogens is 2. The SMILES string of the molecule is O=[N+]([O-])c1ccc(Oc2cc(-c3ccccc3)nc(-c3ccc(Br)cc3)n2)cc1. The number of nitro groups is 1. The van der Waals surface area contributed by atoms with Gasteiger partial charge < -0.3 is 4.74 Å². The van der Waals surface area contributed by atoms with Gasteiger partial charge in [-0.05, 0) is 24.3 Å². The molecule has 0 radical (unpaired) electrons. The standard InChI is InChI=1S/C22H14BrN3O3/c23-17-8-6-16(7-9-17)22-24-20(15-4-2-1-3-5-15)14-21(25-22)29-19-12-10-18(11-13-19)26(27)28/h1-14H. The Morgan fingerprint density at radius 2 is 1.52 bits per heavy atom. The Kier molecular flexibility index (Phi) is 5.31. The summed E-state index contributed by atoms with van der Waals surface area (Å²) in [6, 6.07) is 25.0. The van der Waals surface area contributed by atoms with Crippen LogP contribution < -0.4 is 4.74 Å². The molecular formula is C22H14BrN3O3. The first-order valence-electron chi connectivity index (χ1n) is 8.71. The van der Waals surface area contributed by atoms with Gasteiger partial charge in [-0.15, -0.1) is 0 Å². The minimum atomic E-state index is -0.451. The molecule has 0 saturated carbocycles. The zero-order valence-electron chi connectivity index (χ0n) is 15.0. The Morgan fingerprint density at radius 3 is 2.17 bits per heavy atom. The quantitative estimate of drug-likeness (QED) is 0.266. The van der Waals surface area contributed by atoms with Crippen LogP contribution in [0.5, 0.6) is 11.6 Å². The van der Waals surface area contributed by atoms with Crippen molar-refractivity contribution < 1.29 is 9.66 Å². The normalized spacial score (nSPS) is 10.5. The van der Waals surface area contributed by atoms with E-state index in [0.29, 0.717) is 17.5 Å². The van der Waals surface area contributed by atoms with Gasteiger partial charge >= 0.3 is 0 Å². The zero-order chi connectivity index (χ0) is 20.2. The Bertz CT molecular complexity index is 1150. The first-order valence-corrected chi connectivity index (χ1v) is 9.50. The summed E-state index contributed by atoms with van der Waals surface area (Å²) in [4.78, 5) is 19.6. The predicted molar refractivity (Wildman–Crippen MR) is 114 cm³/mol. The molecule has 4 rings (SSSR count). The van der Waals surface area contributed by atoms with Crippen LogP contribution in [0.1, 0.15) is 0 Å². The molecule has 0 aliphatic carbocycles. The monoisotopic (exact) mass is 447 g/mol. The van der Waals surface area contributed by atoms with Crippen LogP contribution in [-0.2, 0) is 0 Å². The lowest BCUT2D eigenvalue weighted by Gasteiger charge is -2.10. The third-order valence-corrected chi connectivity index (χ3v) is 4.67. The maximum Gasteiger partial charge on any atom is 0.269 e. The van der Waals surface area contributed by atoms with E-state index in [0.717, 1.165) is 21.3 Å². The molecule has 7 heteroatoms. The van der Waals surface area contributed by atoms with Crippen LogP contribution in [0.3, 0.4) is 0 Å². The number of hydrogen-bond acceptors (Lipinski definition) is 5. The van der Waals surface area contributed by atoms with E-state index in [9.17, 15) is 10.1 Å². The molecule has 0 aliphatic rings. The smallest absolute Gasteiger partial charge is 0.269 e. The highest BCUT2D eigenvalue weighted by atomic mass is 79.9. The number of benzene rings is 3. The van der Waals surface area contributed by atoms with Gasteiger partial charge in [0.25, 0.3) is 5.69 Å². The summed E-state index contributed by atoms with van der Waals surface area (Å²) in [5.74, 6) is 1.33. The van der Waals surface area contributed by atoms with Gasteiger partial charge in [0.05, 0.1) is 10.6 Å². The van der Waals surface area contributed by atoms with Crippen molar-refractivity contribution in [2.24, 2.45) is 0 Å². The fraction of sp³-hybridized carbons (Fsp3) is 0. The summed E-state index contributed by atoms with van der Waals surface area (Å²) >= 11 is 3.43. The Balaban J connectivity index is 1.75. The van der Waals surface area contributed by atoms with E-state index < -0.39 is 4.92 Å². The molecule has 0 bridgehead atoms. The van der Waals surface area contributed by atoms with Crippen molar-refractivity contribution in [3.8, 4) is 34.3 Å². The van der Waals surface area contributed by atoms with Gasteiger partial charge in [0.2, 0.25) is 5.88 Å². The van der Waals surface area contributed by atoms with Crippen LogP contribution in [0.4, 0.5) is 5.69 Å². The summed E-state index contributed by atoms with van der Waals surface area (Å²) in [6.45, 7) is 0. The van der Waals surface area contributed by atoms with Crippen molar-refractivity contribution >= 4 is 21.6 Å². The number of nitro benzene ring substituents is 1. The van der Waals surface area contributed by atoms with E-state index in [-0.39, 0.29) is 5.69 Å². The lowest BCUT2D eigenvalue weighted by atomic mass is 10.1. The molecule has 0 aliphatic heterocycles. The molecular weight excluding hydrogens is 434 g/mol. The fourth-order valence-electron chi connectivity index (χ4n) is 2.72. The molecule has 6 nitrogen and oxygen atoms in total. The molecule has 29 heavy (non-hydrogen) atoms. The highest BCUT2D eigenvalue weighted by molar-refractivity contribution is 9.10. The summed E-state index contributed by atoms with van der Waals surface area (Å²) in [7, 11) is 0. The van der Waals surface area contributed by atoms with E-state index in [1.54, 1.807) is 18.2 Å². The van der Waals surface area contributed by atoms with E-state index >= 15 is 0 Å². The third kappa shape index (κ3) is 4.47. The minimum Gasteiger partial charge on any atom is -0.439 e. The van der Waals surface area contributed by atoms with E-state index in [1.165, 1.54) is 12.1 Å². The van der Waals surface area contributed by atoms with Crippen LogP contribution in [0, 0.1) is 10.1 Å². The number of rotatable bonds is 5. The highest BCUT2D eigenvalue weighted by Crippen LogP contribution is 2.29. The average Bonchev–Trinajstić information content (AvgIpc) is 2.75. The predicted octanol–water partition coefficient (Wildman–Crippen LogP) is 6.27. The van der Waals surface area contributed by atoms with Gasteiger partial charge in [-0.2, -0.15) is 4.98 Å². The first-order chi connectivity index (χ1) is 14.1. The molecule has 4 aromatic rings. The molecule has 0 fully saturated rings. The van der Waals surface area contributed by atoms with Crippen LogP contribution in [-0.4, -0.2) is 14.9 Å². The van der Waals surface area contributed by atoms with Gasteiger partial charge in [0.1, 0.15) is 5.75 Å². The van der Waals surface area contributed by atoms with Crippen molar-refractivity contribution in [3.63, 3.8) is 0 Å². The van der Waals surface area contributed by atoms with E-state index in [1.807, 2.05) is 54.6 Å². The van der Waals surface area contributed by atoms with Gasteiger partial charge in [0, 0.05) is 33.8 Å². The second-order valence-corrected chi connectivity index (χ2v) is 7.06. The Morgan fingerprint density at radius 1 is 0.828 bits per heavy atom. The summed E-state index contributed by atoms with van der Waals surface area (Å²) in [5, 5.41) is 10.8. The maximum atomic E-state index is 10.8. The highest BCUT2D eigenvalue weighted by Gasteiger charge is 2.11. The molecule has 1 aromatic heterocycles. The van der Waals surface area contributed by atoms with Gasteiger partial charge in [0.15, 0.2) is 5.82 Å². The Hall–Kier alpha value is -3.58. The van der Waals surface area contributed by atoms with Crippen LogP contribution in [0.15, 0.2) is 89.4 Å². The van der Waals surface area contributed by atoms with E-state index in [4.69, 9.17) is 4.74 Å². The van der Waals surface area contributed by atoms with Crippen LogP contribution in [0.25, 0.3) is 22.6 Å². The molecule has 0 N–H and O–H groups in total. The summed E-state index contributed by atoms with van der Waals surface area (Å²) in [6.07, 6.45) is 0. The topological polar surface area (TPSA) is 78.2 Å². The molecule has 0 unspecified atom stereocenters. The number of halogens is 1. The molecule has 0 spiro atoms. The fourth-order valence-corrected chi connectivity index (χ4v) is 2.98. The first kappa shape index (κ1) is 18.8. The largest absolute Gasteiger partial charge is 0.439 e. The lowest BCUT2D eigenvalue weighted by Crippen LogP contribution is -1.96. The summed E-state index contributed by atoms with van der Waals surface area (Å²) < 4.78 is 6.84. The number of ether oxygens (including phenoxy) is 1. The Labute approximate surface area is 175 Å². The van der Waals surface area contributed by atoms with Crippen LogP contribution in [0.2, 0.25) is 0 Å². The minimum absolute atomic E-state index is 0.000522. The van der Waals surface area contributed by atoms with Gasteiger partial charge in [-0.3, -0.25) is 10.1 Å². The van der Waals surface area contributed by atoms with Gasteiger partial charge in [-0.25, -0.2) is 4.98 Å². The van der Waals surface area contributed by atoms with Crippen molar-refractivity contribution in [1.82, 2.24) is 9.97 Å².